The van der Waals surface area contributed by atoms with Gasteiger partial charge >= 0.3 is 0 Å². The van der Waals surface area contributed by atoms with Gasteiger partial charge < -0.3 is 9.12 Å². The lowest BCUT2D eigenvalue weighted by atomic mass is 10.2. The molecule has 0 aliphatic heterocycles. The Labute approximate surface area is 205 Å². The number of hydrogen-bond donors (Lipinski definition) is 1. The molecule has 0 unspecified atom stereocenters. The molecule has 0 N–H and O–H groups in total. The highest BCUT2D eigenvalue weighted by atomic mass is 35.5. The van der Waals surface area contributed by atoms with Crippen molar-refractivity contribution >= 4 is 61.8 Å². The molecular formula is C20H25Cl2N3O4S3. The van der Waals surface area contributed by atoms with Crippen LogP contribution in [-0.2, 0) is 20.0 Å². The molecule has 7 nitrogen and oxygen atoms in total. The van der Waals surface area contributed by atoms with Crippen LogP contribution >= 0.6 is 35.8 Å². The van der Waals surface area contributed by atoms with Gasteiger partial charge in [-0.05, 0) is 69.7 Å². The van der Waals surface area contributed by atoms with Gasteiger partial charge in [0.25, 0.3) is 0 Å². The second-order valence-corrected chi connectivity index (χ2v) is 11.6. The Morgan fingerprint density at radius 1 is 1.00 bits per heavy atom. The Balaban J connectivity index is 2.70. The zero-order valence-electron chi connectivity index (χ0n) is 18.1. The van der Waals surface area contributed by atoms with Gasteiger partial charge in [0.15, 0.2) is 0 Å². The molecule has 32 heavy (non-hydrogen) atoms. The van der Waals surface area contributed by atoms with E-state index in [-0.39, 0.29) is 25.1 Å². The predicted molar refractivity (Wildman–Crippen MR) is 132 cm³/mol. The molecule has 0 aliphatic rings. The number of sulfonamides is 2. The molecule has 0 saturated heterocycles. The second-order valence-electron chi connectivity index (χ2n) is 7.05. The number of guanidine groups is 1. The number of halogens is 2. The molecule has 176 valence electrons. The van der Waals surface area contributed by atoms with Gasteiger partial charge in [0, 0.05) is 14.9 Å². The zero-order valence-corrected chi connectivity index (χ0v) is 22.1. The molecule has 0 aliphatic carbocycles. The van der Waals surface area contributed by atoms with Gasteiger partial charge in [0.05, 0.1) is 29.4 Å². The summed E-state index contributed by atoms with van der Waals surface area (Å²) in [5.74, 6) is -0.326. The molecule has 0 saturated carbocycles. The molecule has 2 aromatic carbocycles. The number of rotatable bonds is 7. The van der Waals surface area contributed by atoms with Gasteiger partial charge in [0.2, 0.25) is 20.0 Å². The third-order valence-corrected chi connectivity index (χ3v) is 9.02. The van der Waals surface area contributed by atoms with Crippen LogP contribution < -0.4 is 0 Å². The molecule has 0 fully saturated rings. The van der Waals surface area contributed by atoms with Gasteiger partial charge in [0.1, 0.15) is 5.96 Å². The fourth-order valence-corrected chi connectivity index (χ4v) is 6.21. The summed E-state index contributed by atoms with van der Waals surface area (Å²) in [6.07, 6.45) is 0. The molecule has 0 aromatic heterocycles. The van der Waals surface area contributed by atoms with E-state index in [1.54, 1.807) is 6.92 Å². The smallest absolute Gasteiger partial charge is 0.207 e. The maximum atomic E-state index is 13.2. The third kappa shape index (κ3) is 5.78. The van der Waals surface area contributed by atoms with Crippen molar-refractivity contribution in [1.29, 1.82) is 0 Å². The van der Waals surface area contributed by atoms with Crippen molar-refractivity contribution in [2.24, 2.45) is 4.40 Å². The largest absolute Gasteiger partial charge is 0.303 e. The van der Waals surface area contributed by atoms with E-state index in [9.17, 15) is 16.8 Å². The molecule has 0 atom stereocenters. The Hall–Kier alpha value is -1.30. The topological polar surface area (TPSA) is 94.7 Å². The quantitative estimate of drug-likeness (QED) is 0.225. The van der Waals surface area contributed by atoms with E-state index >= 15 is 0 Å². The monoisotopic (exact) mass is 537 g/mol. The first-order chi connectivity index (χ1) is 14.8. The van der Waals surface area contributed by atoms with Gasteiger partial charge in [-0.1, -0.05) is 23.2 Å². The number of aryl methyl sites for hydroxylation is 1. The van der Waals surface area contributed by atoms with Crippen LogP contribution in [0.15, 0.2) is 55.5 Å². The minimum absolute atomic E-state index is 0.0550. The van der Waals surface area contributed by atoms with Crippen LogP contribution in [0.2, 0.25) is 10.0 Å². The van der Waals surface area contributed by atoms with Gasteiger partial charge in [-0.15, -0.1) is 12.6 Å². The Kier molecular flexibility index (Phi) is 8.69. The molecule has 2 rings (SSSR count). The van der Waals surface area contributed by atoms with Crippen molar-refractivity contribution in [3.05, 3.63) is 56.7 Å². The van der Waals surface area contributed by atoms with Crippen LogP contribution in [0.5, 0.6) is 0 Å². The normalized spacial score (nSPS) is 13.3. The molecule has 0 radical (unpaired) electrons. The Morgan fingerprint density at radius 3 is 2.03 bits per heavy atom. The SMILES string of the molecule is CC[N+](CC)(CC)/C(=N/S(=O)(=O)c1cc(C)c(Cl)cc1S)[N-]S(=O)(=O)c1ccc(Cl)cc1. The van der Waals surface area contributed by atoms with Crippen molar-refractivity contribution in [3.8, 4) is 0 Å². The molecule has 0 amide bonds. The maximum Gasteiger partial charge on any atom is 0.207 e. The summed E-state index contributed by atoms with van der Waals surface area (Å²) in [6.45, 7) is 8.25. The molecule has 0 bridgehead atoms. The van der Waals surface area contributed by atoms with E-state index in [0.717, 1.165) is 0 Å². The van der Waals surface area contributed by atoms with Crippen molar-refractivity contribution < 1.29 is 21.3 Å². The van der Waals surface area contributed by atoms with Gasteiger partial charge in [-0.3, -0.25) is 4.48 Å². The van der Waals surface area contributed by atoms with Gasteiger partial charge in [-0.2, -0.15) is 0 Å². The average molecular weight is 539 g/mol. The first kappa shape index (κ1) is 26.9. The Bertz CT molecular complexity index is 1220. The van der Waals surface area contributed by atoms with E-state index in [4.69, 9.17) is 23.2 Å². The lowest BCUT2D eigenvalue weighted by molar-refractivity contribution is -0.835. The van der Waals surface area contributed by atoms with Crippen LogP contribution in [0.4, 0.5) is 0 Å². The second kappa shape index (κ2) is 10.3. The number of hydrogen-bond acceptors (Lipinski definition) is 5. The van der Waals surface area contributed by atoms with E-state index in [1.807, 2.05) is 20.8 Å². The first-order valence-electron chi connectivity index (χ1n) is 9.76. The predicted octanol–water partition coefficient (Wildman–Crippen LogP) is 5.27. The van der Waals surface area contributed by atoms with Crippen LogP contribution in [0, 0.1) is 6.92 Å². The molecule has 0 spiro atoms. The molecule has 12 heteroatoms. The highest BCUT2D eigenvalue weighted by molar-refractivity contribution is 7.95. The minimum atomic E-state index is -4.35. The molecular weight excluding hydrogens is 513 g/mol. The van der Waals surface area contributed by atoms with Crippen LogP contribution in [0.3, 0.4) is 0 Å². The summed E-state index contributed by atoms with van der Waals surface area (Å²) in [5.41, 5.74) is 0.521. The number of quaternary nitrogens is 1. The fraction of sp³-hybridized carbons (Fsp3) is 0.350. The van der Waals surface area contributed by atoms with Crippen molar-refractivity contribution in [2.75, 3.05) is 19.6 Å². The van der Waals surface area contributed by atoms with Crippen LogP contribution in [0.25, 0.3) is 4.72 Å². The minimum Gasteiger partial charge on any atom is -0.303 e. The standard InChI is InChI=1S/C20H25Cl2N3O4S3/c1-5-25(6-2,7-3)20(23-31(26,27)16-10-8-15(21)9-11-16)24-32(28,29)19-12-14(4)17(22)13-18(19)30/h8-13H,5-7H2,1-4H3,(H-,23,24,30). The zero-order chi connectivity index (χ0) is 24.3. The molecule has 2 aromatic rings. The summed E-state index contributed by atoms with van der Waals surface area (Å²) >= 11 is 16.1. The lowest BCUT2D eigenvalue weighted by Crippen LogP contribution is -2.52. The maximum absolute atomic E-state index is 13.2. The van der Waals surface area contributed by atoms with Crippen molar-refractivity contribution in [1.82, 2.24) is 0 Å². The number of nitrogens with zero attached hydrogens (tertiary/aromatic N) is 3. The van der Waals surface area contributed by atoms with E-state index < -0.39 is 20.0 Å². The van der Waals surface area contributed by atoms with Crippen LogP contribution in [-0.4, -0.2) is 46.9 Å². The van der Waals surface area contributed by atoms with E-state index in [0.29, 0.717) is 35.2 Å². The third-order valence-electron chi connectivity index (χ3n) is 5.27. The summed E-state index contributed by atoms with van der Waals surface area (Å²) in [7, 11) is -8.60. The highest BCUT2D eigenvalue weighted by Gasteiger charge is 2.29. The lowest BCUT2D eigenvalue weighted by Gasteiger charge is -2.40. The number of thiol groups is 1. The summed E-state index contributed by atoms with van der Waals surface area (Å²) in [6, 6.07) is 8.21. The van der Waals surface area contributed by atoms with E-state index in [1.165, 1.54) is 36.4 Å². The van der Waals surface area contributed by atoms with Crippen LogP contribution in [0.1, 0.15) is 26.3 Å². The Morgan fingerprint density at radius 2 is 1.53 bits per heavy atom. The van der Waals surface area contributed by atoms with Crippen molar-refractivity contribution in [3.63, 3.8) is 0 Å². The molecule has 0 heterocycles. The van der Waals surface area contributed by atoms with Crippen molar-refractivity contribution in [2.45, 2.75) is 42.4 Å². The number of benzene rings is 2. The highest BCUT2D eigenvalue weighted by Crippen LogP contribution is 2.30. The average Bonchev–Trinajstić information content (AvgIpc) is 2.72. The fourth-order valence-electron chi connectivity index (χ4n) is 3.06. The summed E-state index contributed by atoms with van der Waals surface area (Å²) in [5, 5.41) is 0.717. The summed E-state index contributed by atoms with van der Waals surface area (Å²) in [4.78, 5) is -0.196. The summed E-state index contributed by atoms with van der Waals surface area (Å²) < 4.78 is 60.2. The van der Waals surface area contributed by atoms with E-state index in [2.05, 4.69) is 21.7 Å². The first-order valence-corrected chi connectivity index (χ1v) is 13.8. The van der Waals surface area contributed by atoms with Gasteiger partial charge in [-0.25, -0.2) is 16.8 Å².